The van der Waals surface area contributed by atoms with Gasteiger partial charge in [-0.05, 0) is 70.1 Å². The van der Waals surface area contributed by atoms with Crippen molar-refractivity contribution in [2.75, 3.05) is 40.0 Å². The lowest BCUT2D eigenvalue weighted by Crippen LogP contribution is -2.47. The third-order valence-electron chi connectivity index (χ3n) is 6.29. The Kier molecular flexibility index (Phi) is 8.37. The summed E-state index contributed by atoms with van der Waals surface area (Å²) in [5.41, 5.74) is 1.62. The van der Waals surface area contributed by atoms with E-state index >= 15 is 0 Å². The van der Waals surface area contributed by atoms with Crippen LogP contribution in [0.5, 0.6) is 5.75 Å². The summed E-state index contributed by atoms with van der Waals surface area (Å²) in [5.74, 6) is 2.00. The molecule has 2 N–H and O–H groups in total. The minimum atomic E-state index is -0.404. The molecule has 2 aromatic rings. The zero-order valence-electron chi connectivity index (χ0n) is 21.0. The minimum Gasteiger partial charge on any atom is -0.468 e. The van der Waals surface area contributed by atoms with Gasteiger partial charge < -0.3 is 29.7 Å². The van der Waals surface area contributed by atoms with Gasteiger partial charge in [0.1, 0.15) is 11.7 Å². The number of aromatic nitrogens is 1. The van der Waals surface area contributed by atoms with Crippen LogP contribution in [0.1, 0.15) is 25.0 Å². The first-order chi connectivity index (χ1) is 17.5. The SMILES string of the molecule is C=NO/C(=C\CC1CC1)N/C(=C/C(=N\COc1ccc2[nH]c(C)cc2c1F)N1CCN(C)CC1)N=C. The maximum Gasteiger partial charge on any atom is 0.224 e. The smallest absolute Gasteiger partial charge is 0.224 e. The van der Waals surface area contributed by atoms with Crippen LogP contribution < -0.4 is 10.1 Å². The van der Waals surface area contributed by atoms with Crippen LogP contribution in [0.4, 0.5) is 4.39 Å². The van der Waals surface area contributed by atoms with Gasteiger partial charge in [-0.1, -0.05) is 5.16 Å². The average Bonchev–Trinajstić information content (AvgIpc) is 3.62. The Hall–Kier alpha value is -3.66. The zero-order chi connectivity index (χ0) is 25.5. The summed E-state index contributed by atoms with van der Waals surface area (Å²) < 4.78 is 20.7. The number of hydrogen-bond acceptors (Lipinski definition) is 7. The van der Waals surface area contributed by atoms with E-state index in [9.17, 15) is 4.39 Å². The molecule has 0 bridgehead atoms. The van der Waals surface area contributed by atoms with Crippen molar-refractivity contribution in [1.82, 2.24) is 20.1 Å². The van der Waals surface area contributed by atoms with Gasteiger partial charge in [-0.2, -0.15) is 0 Å². The molecule has 0 unspecified atom stereocenters. The fourth-order valence-corrected chi connectivity index (χ4v) is 4.02. The molecule has 10 heteroatoms. The summed E-state index contributed by atoms with van der Waals surface area (Å²) in [7, 11) is 2.09. The second-order valence-corrected chi connectivity index (χ2v) is 9.15. The first-order valence-electron chi connectivity index (χ1n) is 12.1. The van der Waals surface area contributed by atoms with Gasteiger partial charge in [0.05, 0.1) is 0 Å². The van der Waals surface area contributed by atoms with E-state index in [1.165, 1.54) is 12.8 Å². The molecule has 1 saturated carbocycles. The largest absolute Gasteiger partial charge is 0.468 e. The average molecular weight is 496 g/mol. The number of halogens is 1. The van der Waals surface area contributed by atoms with Gasteiger partial charge in [-0.15, -0.1) is 0 Å². The number of rotatable bonds is 11. The number of aryl methyl sites for hydroxylation is 1. The third-order valence-corrected chi connectivity index (χ3v) is 6.29. The molecule has 1 aliphatic carbocycles. The fraction of sp³-hybridized carbons (Fsp3) is 0.423. The zero-order valence-corrected chi connectivity index (χ0v) is 21.0. The number of allylic oxidation sites excluding steroid dienone is 1. The molecule has 9 nitrogen and oxygen atoms in total. The van der Waals surface area contributed by atoms with Crippen LogP contribution in [0.2, 0.25) is 0 Å². The van der Waals surface area contributed by atoms with Crippen molar-refractivity contribution in [3.05, 3.63) is 53.6 Å². The van der Waals surface area contributed by atoms with E-state index in [1.807, 2.05) is 13.0 Å². The van der Waals surface area contributed by atoms with Gasteiger partial charge >= 0.3 is 0 Å². The van der Waals surface area contributed by atoms with Crippen LogP contribution in [-0.2, 0) is 4.84 Å². The highest BCUT2D eigenvalue weighted by Crippen LogP contribution is 2.33. The predicted molar refractivity (Wildman–Crippen MR) is 142 cm³/mol. The molecular weight excluding hydrogens is 461 g/mol. The number of ether oxygens (including phenoxy) is 1. The molecule has 2 heterocycles. The Labute approximate surface area is 211 Å². The van der Waals surface area contributed by atoms with E-state index in [2.05, 4.69) is 55.7 Å². The van der Waals surface area contributed by atoms with Crippen molar-refractivity contribution in [3.8, 4) is 5.75 Å². The van der Waals surface area contributed by atoms with Gasteiger partial charge in [0.15, 0.2) is 18.3 Å². The third kappa shape index (κ3) is 6.72. The molecule has 0 atom stereocenters. The van der Waals surface area contributed by atoms with E-state index in [0.717, 1.165) is 43.8 Å². The normalized spacial score (nSPS) is 17.9. The Morgan fingerprint density at radius 2 is 2.03 bits per heavy atom. The first kappa shape index (κ1) is 25.4. The Bertz CT molecular complexity index is 1170. The lowest BCUT2D eigenvalue weighted by atomic mass is 10.2. The molecular formula is C26H34FN7O2. The van der Waals surface area contributed by atoms with Crippen molar-refractivity contribution in [1.29, 1.82) is 0 Å². The summed E-state index contributed by atoms with van der Waals surface area (Å²) in [6.45, 7) is 12.3. The maximum atomic E-state index is 14.9. The number of piperazine rings is 1. The monoisotopic (exact) mass is 495 g/mol. The summed E-state index contributed by atoms with van der Waals surface area (Å²) in [6, 6.07) is 5.18. The van der Waals surface area contributed by atoms with E-state index in [-0.39, 0.29) is 12.5 Å². The van der Waals surface area contributed by atoms with Crippen LogP contribution in [0.25, 0.3) is 10.9 Å². The van der Waals surface area contributed by atoms with Gasteiger partial charge in [0.25, 0.3) is 0 Å². The van der Waals surface area contributed by atoms with Crippen molar-refractivity contribution >= 4 is 30.2 Å². The maximum absolute atomic E-state index is 14.9. The molecule has 0 amide bonds. The molecule has 1 saturated heterocycles. The molecule has 0 spiro atoms. The number of fused-ring (bicyclic) bond motifs is 1. The quantitative estimate of drug-likeness (QED) is 0.213. The highest BCUT2D eigenvalue weighted by atomic mass is 19.1. The number of aliphatic imine (C=N–C) groups is 2. The summed E-state index contributed by atoms with van der Waals surface area (Å²) >= 11 is 0. The van der Waals surface area contributed by atoms with Crippen molar-refractivity contribution in [3.63, 3.8) is 0 Å². The second kappa shape index (κ2) is 11.9. The van der Waals surface area contributed by atoms with Gasteiger partial charge in [-0.25, -0.2) is 14.4 Å². The van der Waals surface area contributed by atoms with Crippen LogP contribution in [-0.4, -0.2) is 74.0 Å². The first-order valence-corrected chi connectivity index (χ1v) is 12.1. The van der Waals surface area contributed by atoms with Crippen LogP contribution in [0, 0.1) is 18.7 Å². The van der Waals surface area contributed by atoms with Crippen molar-refractivity contribution < 1.29 is 14.0 Å². The van der Waals surface area contributed by atoms with E-state index in [1.54, 1.807) is 24.3 Å². The highest BCUT2D eigenvalue weighted by Gasteiger charge is 2.21. The van der Waals surface area contributed by atoms with Crippen LogP contribution >= 0.6 is 0 Å². The summed E-state index contributed by atoms with van der Waals surface area (Å²) in [4.78, 5) is 21.6. The number of likely N-dealkylation sites (N-methyl/N-ethyl adjacent to an activating group) is 1. The van der Waals surface area contributed by atoms with E-state index < -0.39 is 5.82 Å². The molecule has 36 heavy (non-hydrogen) atoms. The standard InChI is InChI=1S/C26H34FN7O2/c1-18-15-20-21(31-18)8-9-22(26(20)27)35-17-30-24(34-13-11-33(4)12-14-34)16-23(28-2)32-25(36-29-3)10-7-19-5-6-19/h8-10,15-16,19,31-32H,2-3,5-7,11-14,17H2,1,4H3/b23-16+,25-10-,30-24+. The number of benzene rings is 1. The Balaban J connectivity index is 1.52. The van der Waals surface area contributed by atoms with Crippen LogP contribution in [0.3, 0.4) is 0 Å². The molecule has 0 radical (unpaired) electrons. The van der Waals surface area contributed by atoms with Crippen LogP contribution in [0.15, 0.2) is 57.2 Å². The number of aromatic amines is 1. The summed E-state index contributed by atoms with van der Waals surface area (Å²) in [6.07, 6.45) is 7.08. The summed E-state index contributed by atoms with van der Waals surface area (Å²) in [5, 5.41) is 7.16. The molecule has 2 aliphatic rings. The van der Waals surface area contributed by atoms with E-state index in [0.29, 0.717) is 28.8 Å². The number of oxime groups is 1. The fourth-order valence-electron chi connectivity index (χ4n) is 4.02. The predicted octanol–water partition coefficient (Wildman–Crippen LogP) is 4.00. The number of amidine groups is 1. The Morgan fingerprint density at radius 3 is 2.72 bits per heavy atom. The minimum absolute atomic E-state index is 0.0521. The lowest BCUT2D eigenvalue weighted by molar-refractivity contribution is 0.210. The second-order valence-electron chi connectivity index (χ2n) is 9.15. The molecule has 2 fully saturated rings. The molecule has 1 aromatic heterocycles. The number of hydrogen-bond donors (Lipinski definition) is 2. The van der Waals surface area contributed by atoms with Gasteiger partial charge in [-0.3, -0.25) is 0 Å². The number of H-pyrrole nitrogens is 1. The Morgan fingerprint density at radius 1 is 1.25 bits per heavy atom. The van der Waals surface area contributed by atoms with Gasteiger partial charge in [0, 0.05) is 55.6 Å². The highest BCUT2D eigenvalue weighted by molar-refractivity contribution is 5.93. The molecule has 1 aliphatic heterocycles. The molecule has 4 rings (SSSR count). The van der Waals surface area contributed by atoms with Crippen molar-refractivity contribution in [2.45, 2.75) is 26.2 Å². The molecule has 1 aromatic carbocycles. The number of nitrogens with one attached hydrogen (secondary N) is 2. The van der Waals surface area contributed by atoms with Gasteiger partial charge in [0.2, 0.25) is 5.88 Å². The number of nitrogens with zero attached hydrogens (tertiary/aromatic N) is 5. The van der Waals surface area contributed by atoms with Crippen molar-refractivity contribution in [2.24, 2.45) is 21.1 Å². The van der Waals surface area contributed by atoms with E-state index in [4.69, 9.17) is 9.57 Å². The topological polar surface area (TPSA) is 89.8 Å². The molecule has 192 valence electrons. The lowest BCUT2D eigenvalue weighted by Gasteiger charge is -2.33.